The van der Waals surface area contributed by atoms with Crippen molar-refractivity contribution in [3.63, 3.8) is 0 Å². The van der Waals surface area contributed by atoms with Crippen LogP contribution < -0.4 is 5.73 Å². The lowest BCUT2D eigenvalue weighted by Gasteiger charge is -2.18. The number of nitrogens with zero attached hydrogens (tertiary/aromatic N) is 1. The van der Waals surface area contributed by atoms with E-state index in [1.54, 1.807) is 0 Å². The first kappa shape index (κ1) is 10.7. The van der Waals surface area contributed by atoms with Crippen molar-refractivity contribution in [3.8, 4) is 0 Å². The van der Waals surface area contributed by atoms with E-state index in [2.05, 4.69) is 18.7 Å². The van der Waals surface area contributed by atoms with E-state index in [0.29, 0.717) is 12.0 Å². The van der Waals surface area contributed by atoms with Crippen molar-refractivity contribution in [2.75, 3.05) is 13.1 Å². The van der Waals surface area contributed by atoms with Gasteiger partial charge in [-0.1, -0.05) is 13.8 Å². The van der Waals surface area contributed by atoms with Gasteiger partial charge in [0, 0.05) is 6.54 Å². The average molecular weight is 208 g/mol. The van der Waals surface area contributed by atoms with Crippen LogP contribution in [0.2, 0.25) is 0 Å². The second kappa shape index (κ2) is 3.99. The van der Waals surface area contributed by atoms with Gasteiger partial charge in [0.25, 0.3) is 0 Å². The molecule has 1 aromatic heterocycles. The zero-order valence-corrected chi connectivity index (χ0v) is 9.62. The molecule has 0 saturated carbocycles. The van der Waals surface area contributed by atoms with E-state index in [0.717, 1.165) is 24.6 Å². The number of rotatable bonds is 3. The van der Waals surface area contributed by atoms with Crippen molar-refractivity contribution in [2.45, 2.75) is 33.4 Å². The number of hydrogen-bond acceptors (Lipinski definition) is 3. The molecule has 3 nitrogen and oxygen atoms in total. The molecule has 1 aliphatic heterocycles. The van der Waals surface area contributed by atoms with E-state index in [1.807, 2.05) is 12.1 Å². The summed E-state index contributed by atoms with van der Waals surface area (Å²) in [5, 5.41) is 0. The summed E-state index contributed by atoms with van der Waals surface area (Å²) in [6, 6.07) is 4.00. The van der Waals surface area contributed by atoms with Crippen molar-refractivity contribution >= 4 is 0 Å². The Balaban J connectivity index is 1.92. The summed E-state index contributed by atoms with van der Waals surface area (Å²) in [6.45, 7) is 8.38. The van der Waals surface area contributed by atoms with Gasteiger partial charge >= 0.3 is 0 Å². The summed E-state index contributed by atoms with van der Waals surface area (Å²) in [6.07, 6.45) is 1.28. The largest absolute Gasteiger partial charge is 0.463 e. The first-order valence-corrected chi connectivity index (χ1v) is 5.59. The van der Waals surface area contributed by atoms with Crippen molar-refractivity contribution in [2.24, 2.45) is 11.1 Å². The van der Waals surface area contributed by atoms with Crippen molar-refractivity contribution in [1.29, 1.82) is 0 Å². The van der Waals surface area contributed by atoms with Gasteiger partial charge in [-0.2, -0.15) is 0 Å². The van der Waals surface area contributed by atoms with E-state index in [-0.39, 0.29) is 0 Å². The van der Waals surface area contributed by atoms with Crippen LogP contribution in [0.3, 0.4) is 0 Å². The minimum atomic E-state index is 0.462. The van der Waals surface area contributed by atoms with E-state index < -0.39 is 0 Å². The van der Waals surface area contributed by atoms with Gasteiger partial charge in [-0.05, 0) is 30.5 Å². The molecule has 84 valence electrons. The molecule has 2 heterocycles. The molecule has 1 aliphatic rings. The van der Waals surface area contributed by atoms with Crippen LogP contribution in [0.4, 0.5) is 0 Å². The van der Waals surface area contributed by atoms with Gasteiger partial charge in [0.05, 0.1) is 13.1 Å². The SMILES string of the molecule is CC1(C)CCN(Cc2ccc(CN)o2)C1. The van der Waals surface area contributed by atoms with Crippen molar-refractivity contribution < 1.29 is 4.42 Å². The molecule has 0 radical (unpaired) electrons. The molecule has 1 aromatic rings. The Hall–Kier alpha value is -0.800. The van der Waals surface area contributed by atoms with Crippen LogP contribution in [0.15, 0.2) is 16.5 Å². The third-order valence-corrected chi connectivity index (χ3v) is 3.05. The zero-order chi connectivity index (χ0) is 10.9. The van der Waals surface area contributed by atoms with Gasteiger partial charge in [0.2, 0.25) is 0 Å². The van der Waals surface area contributed by atoms with E-state index in [4.69, 9.17) is 10.2 Å². The Labute approximate surface area is 91.2 Å². The molecule has 1 saturated heterocycles. The zero-order valence-electron chi connectivity index (χ0n) is 9.62. The van der Waals surface area contributed by atoms with Crippen LogP contribution in [0.1, 0.15) is 31.8 Å². The highest BCUT2D eigenvalue weighted by Crippen LogP contribution is 2.29. The van der Waals surface area contributed by atoms with Crippen LogP contribution >= 0.6 is 0 Å². The summed E-state index contributed by atoms with van der Waals surface area (Å²) in [4.78, 5) is 2.44. The molecule has 3 heteroatoms. The van der Waals surface area contributed by atoms with Crippen LogP contribution in [0.5, 0.6) is 0 Å². The summed E-state index contributed by atoms with van der Waals surface area (Å²) in [5.74, 6) is 1.91. The molecular weight excluding hydrogens is 188 g/mol. The molecule has 2 N–H and O–H groups in total. The Morgan fingerprint density at radius 1 is 1.40 bits per heavy atom. The average Bonchev–Trinajstić information content (AvgIpc) is 2.73. The number of hydrogen-bond donors (Lipinski definition) is 1. The Morgan fingerprint density at radius 3 is 2.67 bits per heavy atom. The van der Waals surface area contributed by atoms with Gasteiger partial charge in [0.1, 0.15) is 11.5 Å². The van der Waals surface area contributed by atoms with Crippen LogP contribution in [-0.4, -0.2) is 18.0 Å². The maximum atomic E-state index is 5.60. The van der Waals surface area contributed by atoms with Gasteiger partial charge in [-0.25, -0.2) is 0 Å². The lowest BCUT2D eigenvalue weighted by molar-refractivity contribution is 0.260. The van der Waals surface area contributed by atoms with Gasteiger partial charge < -0.3 is 10.2 Å². The Bertz CT molecular complexity index is 330. The summed E-state index contributed by atoms with van der Waals surface area (Å²) < 4.78 is 5.60. The number of nitrogens with two attached hydrogens (primary N) is 1. The fraction of sp³-hybridized carbons (Fsp3) is 0.667. The molecule has 0 amide bonds. The lowest BCUT2D eigenvalue weighted by Crippen LogP contribution is -2.22. The second-order valence-electron chi connectivity index (χ2n) is 5.20. The molecule has 2 rings (SSSR count). The fourth-order valence-electron chi connectivity index (χ4n) is 2.20. The lowest BCUT2D eigenvalue weighted by atomic mass is 9.93. The molecule has 15 heavy (non-hydrogen) atoms. The predicted octanol–water partition coefficient (Wildman–Crippen LogP) is 1.97. The van der Waals surface area contributed by atoms with Gasteiger partial charge in [-0.15, -0.1) is 0 Å². The van der Waals surface area contributed by atoms with E-state index in [1.165, 1.54) is 13.0 Å². The highest BCUT2D eigenvalue weighted by Gasteiger charge is 2.29. The number of furan rings is 1. The predicted molar refractivity (Wildman–Crippen MR) is 60.3 cm³/mol. The summed E-state index contributed by atoms with van der Waals surface area (Å²) >= 11 is 0. The van der Waals surface area contributed by atoms with Crippen LogP contribution in [0.25, 0.3) is 0 Å². The summed E-state index contributed by atoms with van der Waals surface area (Å²) in [5.41, 5.74) is 5.97. The topological polar surface area (TPSA) is 42.4 Å². The molecule has 0 atom stereocenters. The third kappa shape index (κ3) is 2.61. The minimum absolute atomic E-state index is 0.462. The second-order valence-corrected chi connectivity index (χ2v) is 5.20. The quantitative estimate of drug-likeness (QED) is 0.825. The third-order valence-electron chi connectivity index (χ3n) is 3.05. The van der Waals surface area contributed by atoms with Crippen LogP contribution in [-0.2, 0) is 13.1 Å². The number of likely N-dealkylation sites (tertiary alicyclic amines) is 1. The molecule has 1 fully saturated rings. The van der Waals surface area contributed by atoms with Crippen molar-refractivity contribution in [3.05, 3.63) is 23.7 Å². The molecule has 0 unspecified atom stereocenters. The normalized spacial score (nSPS) is 21.0. The molecule has 0 aromatic carbocycles. The highest BCUT2D eigenvalue weighted by molar-refractivity contribution is 5.07. The maximum absolute atomic E-state index is 5.60. The maximum Gasteiger partial charge on any atom is 0.118 e. The van der Waals surface area contributed by atoms with Gasteiger partial charge in [-0.3, -0.25) is 4.90 Å². The first-order valence-electron chi connectivity index (χ1n) is 5.59. The molecule has 0 spiro atoms. The standard InChI is InChI=1S/C12H20N2O/c1-12(2)5-6-14(9-12)8-11-4-3-10(7-13)15-11/h3-4H,5-9,13H2,1-2H3. The highest BCUT2D eigenvalue weighted by atomic mass is 16.3. The molecular formula is C12H20N2O. The molecule has 0 aliphatic carbocycles. The minimum Gasteiger partial charge on any atom is -0.463 e. The van der Waals surface area contributed by atoms with Crippen LogP contribution in [0, 0.1) is 5.41 Å². The smallest absolute Gasteiger partial charge is 0.118 e. The molecule has 0 bridgehead atoms. The van der Waals surface area contributed by atoms with E-state index in [9.17, 15) is 0 Å². The first-order chi connectivity index (χ1) is 7.09. The monoisotopic (exact) mass is 208 g/mol. The Kier molecular flexibility index (Phi) is 2.85. The van der Waals surface area contributed by atoms with E-state index >= 15 is 0 Å². The fourth-order valence-corrected chi connectivity index (χ4v) is 2.20. The Morgan fingerprint density at radius 2 is 2.13 bits per heavy atom. The van der Waals surface area contributed by atoms with Gasteiger partial charge in [0.15, 0.2) is 0 Å². The summed E-state index contributed by atoms with van der Waals surface area (Å²) in [7, 11) is 0. The van der Waals surface area contributed by atoms with Crippen molar-refractivity contribution in [1.82, 2.24) is 4.90 Å².